The van der Waals surface area contributed by atoms with Crippen molar-refractivity contribution in [3.8, 4) is 0 Å². The second kappa shape index (κ2) is 7.64. The first kappa shape index (κ1) is 17.9. The van der Waals surface area contributed by atoms with Crippen molar-refractivity contribution in [3.05, 3.63) is 101 Å². The number of hydrogen-bond donors (Lipinski definition) is 1. The molecule has 3 aromatic rings. The molecule has 0 bridgehead atoms. The van der Waals surface area contributed by atoms with Crippen molar-refractivity contribution in [2.75, 3.05) is 0 Å². The van der Waals surface area contributed by atoms with E-state index in [0.29, 0.717) is 17.5 Å². The summed E-state index contributed by atoms with van der Waals surface area (Å²) < 4.78 is 5.57. The molecule has 1 aliphatic heterocycles. The summed E-state index contributed by atoms with van der Waals surface area (Å²) in [7, 11) is 0. The van der Waals surface area contributed by atoms with E-state index in [2.05, 4.69) is 10.3 Å². The van der Waals surface area contributed by atoms with Crippen molar-refractivity contribution >= 4 is 11.9 Å². The molecule has 0 radical (unpaired) electrons. The lowest BCUT2D eigenvalue weighted by molar-refractivity contribution is 0.0252. The first-order valence-corrected chi connectivity index (χ1v) is 9.22. The van der Waals surface area contributed by atoms with Crippen molar-refractivity contribution in [2.24, 2.45) is 0 Å². The molecule has 5 nitrogen and oxygen atoms in total. The monoisotopic (exact) mass is 372 g/mol. The van der Waals surface area contributed by atoms with Gasteiger partial charge in [-0.15, -0.1) is 0 Å². The number of benzene rings is 2. The summed E-state index contributed by atoms with van der Waals surface area (Å²) in [6, 6.07) is 20.1. The largest absolute Gasteiger partial charge is 0.454 e. The third-order valence-corrected chi connectivity index (χ3v) is 4.89. The fourth-order valence-corrected chi connectivity index (χ4v) is 3.38. The Morgan fingerprint density at radius 3 is 2.64 bits per heavy atom. The van der Waals surface area contributed by atoms with Gasteiger partial charge in [-0.1, -0.05) is 36.4 Å². The molecule has 0 spiro atoms. The van der Waals surface area contributed by atoms with E-state index < -0.39 is 0 Å². The van der Waals surface area contributed by atoms with Crippen LogP contribution in [-0.2, 0) is 11.2 Å². The van der Waals surface area contributed by atoms with Gasteiger partial charge in [0.05, 0.1) is 17.3 Å². The van der Waals surface area contributed by atoms with E-state index in [-0.39, 0.29) is 24.0 Å². The zero-order valence-electron chi connectivity index (χ0n) is 15.5. The van der Waals surface area contributed by atoms with E-state index >= 15 is 0 Å². The maximum Gasteiger partial charge on any atom is 0.339 e. The van der Waals surface area contributed by atoms with Crippen LogP contribution >= 0.6 is 0 Å². The Kier molecular flexibility index (Phi) is 4.89. The number of rotatable bonds is 4. The van der Waals surface area contributed by atoms with Crippen molar-refractivity contribution in [1.29, 1.82) is 0 Å². The first-order chi connectivity index (χ1) is 13.6. The van der Waals surface area contributed by atoms with Crippen LogP contribution in [0, 0.1) is 0 Å². The van der Waals surface area contributed by atoms with Crippen LogP contribution in [-0.4, -0.2) is 16.9 Å². The number of amides is 1. The summed E-state index contributed by atoms with van der Waals surface area (Å²) in [5, 5.41) is 2.96. The van der Waals surface area contributed by atoms with E-state index in [9.17, 15) is 9.59 Å². The highest BCUT2D eigenvalue weighted by molar-refractivity contribution is 5.98. The number of ether oxygens (including phenoxy) is 1. The maximum atomic E-state index is 12.7. The smallest absolute Gasteiger partial charge is 0.339 e. The number of pyridine rings is 1. The topological polar surface area (TPSA) is 68.3 Å². The summed E-state index contributed by atoms with van der Waals surface area (Å²) in [5.74, 6) is -0.555. The lowest BCUT2D eigenvalue weighted by atomic mass is 9.93. The molecule has 2 atom stereocenters. The van der Waals surface area contributed by atoms with Crippen molar-refractivity contribution in [3.63, 3.8) is 0 Å². The molecular weight excluding hydrogens is 352 g/mol. The predicted octanol–water partition coefficient (Wildman–Crippen LogP) is 4.03. The number of hydrogen-bond acceptors (Lipinski definition) is 4. The van der Waals surface area contributed by atoms with Crippen LogP contribution in [0.3, 0.4) is 0 Å². The third-order valence-electron chi connectivity index (χ3n) is 4.89. The normalized spacial score (nSPS) is 16.6. The summed E-state index contributed by atoms with van der Waals surface area (Å²) >= 11 is 0. The Hall–Kier alpha value is -3.47. The van der Waals surface area contributed by atoms with Gasteiger partial charge >= 0.3 is 5.97 Å². The van der Waals surface area contributed by atoms with Gasteiger partial charge in [0.1, 0.15) is 6.10 Å². The highest BCUT2D eigenvalue weighted by atomic mass is 16.5. The zero-order chi connectivity index (χ0) is 19.5. The van der Waals surface area contributed by atoms with Gasteiger partial charge in [0.15, 0.2) is 0 Å². The fraction of sp³-hybridized carbons (Fsp3) is 0.174. The molecular formula is C23H20N2O3. The van der Waals surface area contributed by atoms with Crippen LogP contribution in [0.2, 0.25) is 0 Å². The molecule has 140 valence electrons. The van der Waals surface area contributed by atoms with Gasteiger partial charge in [0.25, 0.3) is 5.91 Å². The number of aromatic nitrogens is 1. The molecule has 1 aromatic heterocycles. The molecule has 0 aliphatic carbocycles. The van der Waals surface area contributed by atoms with Crippen molar-refractivity contribution in [1.82, 2.24) is 10.3 Å². The maximum absolute atomic E-state index is 12.7. The minimum Gasteiger partial charge on any atom is -0.454 e. The average molecular weight is 372 g/mol. The summed E-state index contributed by atoms with van der Waals surface area (Å²) in [4.78, 5) is 29.3. The molecule has 0 unspecified atom stereocenters. The summed E-state index contributed by atoms with van der Waals surface area (Å²) in [5.41, 5.74) is 3.59. The van der Waals surface area contributed by atoms with Crippen LogP contribution in [0.1, 0.15) is 56.6 Å². The molecule has 5 heteroatoms. The Labute approximate surface area is 163 Å². The molecule has 0 fully saturated rings. The van der Waals surface area contributed by atoms with Crippen LogP contribution in [0.15, 0.2) is 72.9 Å². The highest BCUT2D eigenvalue weighted by Crippen LogP contribution is 2.31. The number of cyclic esters (lactones) is 1. The van der Waals surface area contributed by atoms with E-state index in [1.165, 1.54) is 0 Å². The zero-order valence-corrected chi connectivity index (χ0v) is 15.5. The summed E-state index contributed by atoms with van der Waals surface area (Å²) in [6.45, 7) is 1.89. The lowest BCUT2D eigenvalue weighted by Crippen LogP contribution is -2.28. The molecule has 0 saturated heterocycles. The van der Waals surface area contributed by atoms with Gasteiger partial charge in [-0.25, -0.2) is 4.79 Å². The number of nitrogens with zero attached hydrogens (tertiary/aromatic N) is 1. The molecule has 0 saturated carbocycles. The number of nitrogens with one attached hydrogen (secondary N) is 1. The van der Waals surface area contributed by atoms with Gasteiger partial charge in [0, 0.05) is 18.2 Å². The fourth-order valence-electron chi connectivity index (χ4n) is 3.38. The van der Waals surface area contributed by atoms with Crippen LogP contribution in [0.4, 0.5) is 0 Å². The minimum absolute atomic E-state index is 0.198. The van der Waals surface area contributed by atoms with Crippen LogP contribution < -0.4 is 5.32 Å². The summed E-state index contributed by atoms with van der Waals surface area (Å²) in [6.07, 6.45) is 1.90. The Balaban J connectivity index is 1.55. The van der Waals surface area contributed by atoms with Crippen molar-refractivity contribution < 1.29 is 14.3 Å². The molecule has 2 heterocycles. The van der Waals surface area contributed by atoms with Crippen LogP contribution in [0.25, 0.3) is 0 Å². The third kappa shape index (κ3) is 3.64. The highest BCUT2D eigenvalue weighted by Gasteiger charge is 2.28. The molecule has 1 aliphatic rings. The number of fused-ring (bicyclic) bond motifs is 1. The standard InChI is InChI=1S/C23H20N2O3/c1-15(20-9-5-6-12-24-20)25-22(26)17-10-11-19-18(13-17)14-21(28-23(19)27)16-7-3-2-4-8-16/h2-13,15,21H,14H2,1H3,(H,25,26)/t15-,21-/m1/s1. The number of carbonyl (C=O) groups is 2. The number of esters is 1. The minimum atomic E-state index is -0.357. The van der Waals surface area contributed by atoms with E-state index in [1.54, 1.807) is 24.4 Å². The second-order valence-electron chi connectivity index (χ2n) is 6.83. The molecule has 1 amide bonds. The predicted molar refractivity (Wildman–Crippen MR) is 105 cm³/mol. The molecule has 1 N–H and O–H groups in total. The van der Waals surface area contributed by atoms with Crippen molar-refractivity contribution in [2.45, 2.75) is 25.5 Å². The van der Waals surface area contributed by atoms with Gasteiger partial charge in [-0.05, 0) is 48.4 Å². The molecule has 2 aromatic carbocycles. The van der Waals surface area contributed by atoms with E-state index in [4.69, 9.17) is 4.74 Å². The van der Waals surface area contributed by atoms with E-state index in [0.717, 1.165) is 16.8 Å². The molecule has 28 heavy (non-hydrogen) atoms. The average Bonchev–Trinajstić information content (AvgIpc) is 2.74. The van der Waals surface area contributed by atoms with Gasteiger partial charge < -0.3 is 10.1 Å². The molecule has 4 rings (SSSR count). The quantitative estimate of drug-likeness (QED) is 0.702. The van der Waals surface area contributed by atoms with E-state index in [1.807, 2.05) is 55.5 Å². The van der Waals surface area contributed by atoms with Gasteiger partial charge in [-0.3, -0.25) is 9.78 Å². The second-order valence-corrected chi connectivity index (χ2v) is 6.83. The van der Waals surface area contributed by atoms with Crippen LogP contribution in [0.5, 0.6) is 0 Å². The Morgan fingerprint density at radius 1 is 1.11 bits per heavy atom. The Bertz CT molecular complexity index is 1000. The lowest BCUT2D eigenvalue weighted by Gasteiger charge is -2.25. The SMILES string of the molecule is C[C@@H](NC(=O)c1ccc2c(c1)C[C@H](c1ccccc1)OC2=O)c1ccccn1. The number of carbonyl (C=O) groups excluding carboxylic acids is 2. The Morgan fingerprint density at radius 2 is 1.89 bits per heavy atom. The van der Waals surface area contributed by atoms with Gasteiger partial charge in [-0.2, -0.15) is 0 Å². The van der Waals surface area contributed by atoms with Gasteiger partial charge in [0.2, 0.25) is 0 Å². The first-order valence-electron chi connectivity index (χ1n) is 9.22.